The number of halogens is 1. The van der Waals surface area contributed by atoms with Crippen molar-refractivity contribution >= 4 is 33.7 Å². The van der Waals surface area contributed by atoms with E-state index < -0.39 is 0 Å². The Balaban J connectivity index is 1.38. The average Bonchev–Trinajstić information content (AvgIpc) is 3.30. The molecule has 2 aromatic heterocycles. The molecule has 0 bridgehead atoms. The minimum Gasteiger partial charge on any atom is -0.460 e. The summed E-state index contributed by atoms with van der Waals surface area (Å²) in [5.74, 6) is 4.49. The van der Waals surface area contributed by atoms with E-state index in [0.29, 0.717) is 22.6 Å². The van der Waals surface area contributed by atoms with Crippen LogP contribution >= 0.6 is 11.6 Å². The minimum atomic E-state index is 0.571. The smallest absolute Gasteiger partial charge is 0.164 e. The predicted molar refractivity (Wildman–Crippen MR) is 144 cm³/mol. The van der Waals surface area contributed by atoms with Crippen molar-refractivity contribution in [2.45, 2.75) is 38.5 Å². The van der Waals surface area contributed by atoms with Crippen LogP contribution in [0, 0.1) is 11.8 Å². The highest BCUT2D eigenvalue weighted by Gasteiger charge is 2.29. The van der Waals surface area contributed by atoms with E-state index in [4.69, 9.17) is 31.0 Å². The SMILES string of the molecule is Clc1ccc2c3c(oc2c1)CCC=C3c1nc(C2=CCC3CCC=CC3C2)nc(-c2ccccc2)n1. The number of aromatic nitrogens is 3. The Morgan fingerprint density at radius 2 is 1.75 bits per heavy atom. The Labute approximate surface area is 215 Å². The van der Waals surface area contributed by atoms with Crippen molar-refractivity contribution in [2.24, 2.45) is 11.8 Å². The third-order valence-electron chi connectivity index (χ3n) is 7.73. The molecule has 3 aliphatic rings. The van der Waals surface area contributed by atoms with Gasteiger partial charge >= 0.3 is 0 Å². The topological polar surface area (TPSA) is 51.8 Å². The zero-order chi connectivity index (χ0) is 24.1. The molecule has 2 atom stereocenters. The number of hydrogen-bond acceptors (Lipinski definition) is 4. The first kappa shape index (κ1) is 21.8. The van der Waals surface area contributed by atoms with Crippen LogP contribution in [0.5, 0.6) is 0 Å². The third-order valence-corrected chi connectivity index (χ3v) is 7.96. The molecule has 7 rings (SSSR count). The van der Waals surface area contributed by atoms with Crippen molar-refractivity contribution in [1.29, 1.82) is 0 Å². The second kappa shape index (κ2) is 8.86. The molecule has 0 aliphatic heterocycles. The maximum absolute atomic E-state index is 6.26. The van der Waals surface area contributed by atoms with Gasteiger partial charge in [0.2, 0.25) is 0 Å². The van der Waals surface area contributed by atoms with Crippen molar-refractivity contribution in [2.75, 3.05) is 0 Å². The zero-order valence-electron chi connectivity index (χ0n) is 20.0. The molecule has 0 saturated heterocycles. The molecule has 0 radical (unpaired) electrons. The van der Waals surface area contributed by atoms with Gasteiger partial charge in [0.1, 0.15) is 11.3 Å². The van der Waals surface area contributed by atoms with Gasteiger partial charge in [-0.25, -0.2) is 15.0 Å². The van der Waals surface area contributed by atoms with Gasteiger partial charge < -0.3 is 4.42 Å². The highest BCUT2D eigenvalue weighted by molar-refractivity contribution is 6.31. The van der Waals surface area contributed by atoms with Gasteiger partial charge in [-0.3, -0.25) is 0 Å². The van der Waals surface area contributed by atoms with E-state index in [-0.39, 0.29) is 0 Å². The van der Waals surface area contributed by atoms with Crippen LogP contribution in [-0.4, -0.2) is 15.0 Å². The van der Waals surface area contributed by atoms with Gasteiger partial charge in [-0.05, 0) is 61.6 Å². The van der Waals surface area contributed by atoms with Crippen LogP contribution in [-0.2, 0) is 6.42 Å². The number of hydrogen-bond donors (Lipinski definition) is 0. The number of rotatable bonds is 3. The van der Waals surface area contributed by atoms with Crippen molar-refractivity contribution in [1.82, 2.24) is 15.0 Å². The Morgan fingerprint density at radius 1 is 0.889 bits per heavy atom. The highest BCUT2D eigenvalue weighted by atomic mass is 35.5. The molecule has 0 saturated carbocycles. The molecule has 4 aromatic rings. The van der Waals surface area contributed by atoms with E-state index in [0.717, 1.165) is 70.9 Å². The van der Waals surface area contributed by atoms with E-state index in [1.807, 2.05) is 36.4 Å². The largest absolute Gasteiger partial charge is 0.460 e. The van der Waals surface area contributed by atoms with E-state index in [1.54, 1.807) is 0 Å². The Bertz CT molecular complexity index is 1560. The van der Waals surface area contributed by atoms with Crippen LogP contribution in [0.1, 0.15) is 55.1 Å². The van der Waals surface area contributed by atoms with Crippen molar-refractivity contribution in [3.8, 4) is 11.4 Å². The van der Waals surface area contributed by atoms with Crippen LogP contribution in [0.3, 0.4) is 0 Å². The lowest BCUT2D eigenvalue weighted by molar-refractivity contribution is 0.353. The fourth-order valence-corrected chi connectivity index (χ4v) is 6.06. The molecule has 4 nitrogen and oxygen atoms in total. The molecule has 0 spiro atoms. The van der Waals surface area contributed by atoms with Gasteiger partial charge in [-0.1, -0.05) is 66.2 Å². The number of fused-ring (bicyclic) bond motifs is 4. The number of nitrogens with zero attached hydrogens (tertiary/aromatic N) is 3. The summed E-state index contributed by atoms with van der Waals surface area (Å²) in [6.07, 6.45) is 15.6. The van der Waals surface area contributed by atoms with E-state index in [2.05, 4.69) is 36.4 Å². The maximum Gasteiger partial charge on any atom is 0.164 e. The molecule has 36 heavy (non-hydrogen) atoms. The van der Waals surface area contributed by atoms with Crippen LogP contribution in [0.4, 0.5) is 0 Å². The quantitative estimate of drug-likeness (QED) is 0.272. The van der Waals surface area contributed by atoms with Crippen LogP contribution in [0.15, 0.2) is 77.3 Å². The number of allylic oxidation sites excluding steroid dienone is 5. The summed E-state index contributed by atoms with van der Waals surface area (Å²) in [5, 5.41) is 1.72. The molecule has 5 heteroatoms. The van der Waals surface area contributed by atoms with Crippen molar-refractivity contribution in [3.05, 3.63) is 101 Å². The fraction of sp³-hybridized carbons (Fsp3) is 0.258. The molecule has 2 heterocycles. The molecule has 0 N–H and O–H groups in total. The summed E-state index contributed by atoms with van der Waals surface area (Å²) < 4.78 is 6.23. The molecule has 0 amide bonds. The standard InChI is InChI=1S/C31H26ClN3O/c32-23-15-16-24-27(18-23)36-26-12-6-11-25(28(24)26)31-34-29(20-8-2-1-3-9-20)33-30(35-31)22-14-13-19-7-4-5-10-21(19)17-22/h1-3,5,8-11,14-16,18-19,21H,4,6-7,12-13,17H2. The summed E-state index contributed by atoms with van der Waals surface area (Å²) >= 11 is 6.26. The summed E-state index contributed by atoms with van der Waals surface area (Å²) in [5.41, 5.74) is 5.13. The van der Waals surface area contributed by atoms with Gasteiger partial charge in [0.25, 0.3) is 0 Å². The lowest BCUT2D eigenvalue weighted by Gasteiger charge is -2.31. The fourth-order valence-electron chi connectivity index (χ4n) is 5.89. The van der Waals surface area contributed by atoms with E-state index in [9.17, 15) is 0 Å². The van der Waals surface area contributed by atoms with E-state index in [1.165, 1.54) is 18.4 Å². The normalized spacial score (nSPS) is 21.0. The maximum atomic E-state index is 6.26. The molecule has 2 aromatic carbocycles. The second-order valence-corrected chi connectivity index (χ2v) is 10.4. The number of benzene rings is 2. The Kier molecular flexibility index (Phi) is 5.36. The molecule has 2 unspecified atom stereocenters. The average molecular weight is 492 g/mol. The van der Waals surface area contributed by atoms with E-state index >= 15 is 0 Å². The predicted octanol–water partition coefficient (Wildman–Crippen LogP) is 8.08. The summed E-state index contributed by atoms with van der Waals surface area (Å²) in [6.45, 7) is 0. The van der Waals surface area contributed by atoms with Crippen molar-refractivity contribution < 1.29 is 4.42 Å². The molecular weight excluding hydrogens is 466 g/mol. The molecule has 0 fully saturated rings. The number of furan rings is 1. The monoisotopic (exact) mass is 491 g/mol. The van der Waals surface area contributed by atoms with Gasteiger partial charge in [0.15, 0.2) is 17.5 Å². The first-order chi connectivity index (χ1) is 17.7. The number of aryl methyl sites for hydroxylation is 1. The summed E-state index contributed by atoms with van der Waals surface area (Å²) in [6, 6.07) is 16.1. The van der Waals surface area contributed by atoms with Crippen LogP contribution in [0.25, 0.3) is 33.5 Å². The van der Waals surface area contributed by atoms with Crippen molar-refractivity contribution in [3.63, 3.8) is 0 Å². The highest BCUT2D eigenvalue weighted by Crippen LogP contribution is 2.41. The Hall–Kier alpha value is -3.50. The molecule has 3 aliphatic carbocycles. The summed E-state index contributed by atoms with van der Waals surface area (Å²) in [7, 11) is 0. The zero-order valence-corrected chi connectivity index (χ0v) is 20.7. The van der Waals surface area contributed by atoms with Gasteiger partial charge in [-0.15, -0.1) is 0 Å². The molecule has 178 valence electrons. The van der Waals surface area contributed by atoms with Crippen LogP contribution < -0.4 is 0 Å². The molecular formula is C31H26ClN3O. The lowest BCUT2D eigenvalue weighted by Crippen LogP contribution is -2.20. The van der Waals surface area contributed by atoms with Gasteiger partial charge in [-0.2, -0.15) is 0 Å². The van der Waals surface area contributed by atoms with Gasteiger partial charge in [0.05, 0.1) is 0 Å². The first-order valence-corrected chi connectivity index (χ1v) is 13.2. The second-order valence-electron chi connectivity index (χ2n) is 9.97. The first-order valence-electron chi connectivity index (χ1n) is 12.8. The van der Waals surface area contributed by atoms with Gasteiger partial charge in [0, 0.05) is 39.6 Å². The minimum absolute atomic E-state index is 0.571. The summed E-state index contributed by atoms with van der Waals surface area (Å²) in [4.78, 5) is 15.1. The van der Waals surface area contributed by atoms with Crippen LogP contribution in [0.2, 0.25) is 5.02 Å². The third kappa shape index (κ3) is 3.81. The lowest BCUT2D eigenvalue weighted by atomic mass is 9.74. The Morgan fingerprint density at radius 3 is 2.67 bits per heavy atom.